The number of carbonyl (C=O) groups excluding carboxylic acids is 2. The fraction of sp³-hybridized carbons (Fsp3) is 0.316. The number of amides is 2. The predicted octanol–water partition coefficient (Wildman–Crippen LogP) is 12.8. The molecule has 0 saturated carbocycles. The number of nitrogens with zero attached hydrogens (tertiary/aromatic N) is 13. The number of phenolic OH excluding ortho intramolecular Hbond substituents is 2. The van der Waals surface area contributed by atoms with Crippen molar-refractivity contribution in [1.82, 2.24) is 48.8 Å². The van der Waals surface area contributed by atoms with Crippen molar-refractivity contribution in [3.05, 3.63) is 218 Å². The number of carbonyl (C=O) groups is 2. The average molecular weight is 1510 g/mol. The van der Waals surface area contributed by atoms with Crippen LogP contribution in [-0.4, -0.2) is 148 Å². The molecular weight excluding hydrogens is 1430 g/mol. The number of aromatic nitrogens is 8. The fourth-order valence-corrected chi connectivity index (χ4v) is 13.9. The summed E-state index contributed by atoms with van der Waals surface area (Å²) in [5, 5.41) is 27.7. The van der Waals surface area contributed by atoms with E-state index in [4.69, 9.17) is 41.9 Å². The third-order valence-electron chi connectivity index (χ3n) is 18.6. The molecule has 2 amide bonds. The van der Waals surface area contributed by atoms with Crippen molar-refractivity contribution >= 4 is 76.4 Å². The second-order valence-electron chi connectivity index (χ2n) is 27.0. The molecule has 2 fully saturated rings. The largest absolute Gasteiger partial charge is 0.569 e. The summed E-state index contributed by atoms with van der Waals surface area (Å²) in [6, 6.07) is 28.1. The number of para-hydroxylation sites is 1. The number of rotatable bonds is 18. The highest BCUT2D eigenvalue weighted by atomic mass is 35.5. The Kier molecular flexibility index (Phi) is 25.8. The lowest BCUT2D eigenvalue weighted by Gasteiger charge is -2.44. The van der Waals surface area contributed by atoms with Crippen LogP contribution in [0, 0.1) is 37.1 Å². The number of hydrogen-bond donors (Lipinski definition) is 4. The van der Waals surface area contributed by atoms with Gasteiger partial charge in [-0.3, -0.25) is 9.59 Å². The number of benzene rings is 4. The summed E-state index contributed by atoms with van der Waals surface area (Å²) in [7, 11) is 3.58. The number of phenols is 2. The van der Waals surface area contributed by atoms with Crippen molar-refractivity contribution in [2.75, 3.05) is 60.8 Å². The van der Waals surface area contributed by atoms with Crippen LogP contribution in [0.2, 0.25) is 5.15 Å². The molecule has 24 nitrogen and oxygen atoms in total. The highest BCUT2D eigenvalue weighted by Crippen LogP contribution is 2.40. The number of aromatic hydroxyl groups is 2. The Balaban J connectivity index is 0.000000222. The molecule has 2 aliphatic rings. The second kappa shape index (κ2) is 34.5. The standard InChI is InChI=1S/C41H45ClFN7O4.C31H33F2N7O3.C6H5BFO3.CH4/c1-9-35(51)49-26(5)20-48(21-27(49)6)39-32-19-33(43)38(42)45-40(32)50(41(52)46-39)37-25(4)18-34(44-36(37)24(2)3)47(22-28-10-14-30(53-7)15-11-28)23-29-12-16-31(54-8)17-13-29;1-7-24(42)39-17(5)13-38(14-18(39)6)29-19-12-21(33)27(25-20(32)9-8-10-22(25)41)36-30(19)40(31(43)37-29)28-16(4)11-23(34)35-26(28)15(2)3;8-4-2-1-3-5(9)6(4)11-7-10;/h9-19,24,26-27H,1,20-23H2,2-8H3;7-12,15,17-18,41H,1,13-14H2,2-6H3,(H2,34,35);1-3,9-10H;1H4/t26-,27+;17-,18+;;. The monoisotopic (exact) mass is 1510 g/mol. The molecule has 2 saturated heterocycles. The molecule has 1 radical (unpaired) electrons. The van der Waals surface area contributed by atoms with E-state index >= 15 is 8.78 Å². The van der Waals surface area contributed by atoms with Gasteiger partial charge >= 0.3 is 19.1 Å². The minimum Gasteiger partial charge on any atom is -0.533 e. The first-order chi connectivity index (χ1) is 51.4. The van der Waals surface area contributed by atoms with Gasteiger partial charge in [0.05, 0.1) is 53.3 Å². The summed E-state index contributed by atoms with van der Waals surface area (Å²) < 4.78 is 76.4. The van der Waals surface area contributed by atoms with Gasteiger partial charge in [-0.25, -0.2) is 56.2 Å². The number of methoxy groups -OCH3 is 2. The molecule has 8 heterocycles. The third-order valence-corrected chi connectivity index (χ3v) is 18.8. The van der Waals surface area contributed by atoms with Gasteiger partial charge in [-0.1, -0.05) is 96.3 Å². The highest BCUT2D eigenvalue weighted by molar-refractivity contribution is 6.30. The van der Waals surface area contributed by atoms with Crippen LogP contribution < -0.4 is 45.9 Å². The number of hydrogen-bond acceptors (Lipinski definition) is 20. The second-order valence-corrected chi connectivity index (χ2v) is 27.3. The smallest absolute Gasteiger partial charge is 0.533 e. The molecule has 571 valence electrons. The quantitative estimate of drug-likeness (QED) is 0.0269. The van der Waals surface area contributed by atoms with Crippen LogP contribution in [0.15, 0.2) is 144 Å². The molecular formula is C79H87BClF4N14O10. The lowest BCUT2D eigenvalue weighted by molar-refractivity contribution is -0.131. The van der Waals surface area contributed by atoms with E-state index in [2.05, 4.69) is 47.6 Å². The summed E-state index contributed by atoms with van der Waals surface area (Å²) in [6.45, 7) is 28.7. The molecule has 30 heteroatoms. The Hall–Kier alpha value is -11.6. The van der Waals surface area contributed by atoms with Crippen molar-refractivity contribution in [1.29, 1.82) is 0 Å². The van der Waals surface area contributed by atoms with Crippen molar-refractivity contribution in [3.8, 4) is 51.4 Å². The summed E-state index contributed by atoms with van der Waals surface area (Å²) in [5.74, 6) is -2.27. The van der Waals surface area contributed by atoms with E-state index < -0.39 is 51.7 Å². The number of nitrogen functional groups attached to an aromatic ring is 1. The Morgan fingerprint density at radius 3 is 1.48 bits per heavy atom. The van der Waals surface area contributed by atoms with Crippen molar-refractivity contribution in [2.45, 2.75) is 126 Å². The summed E-state index contributed by atoms with van der Waals surface area (Å²) in [4.78, 5) is 90.4. The third kappa shape index (κ3) is 17.2. The molecule has 10 aromatic rings. The number of halogens is 5. The van der Waals surface area contributed by atoms with Crippen molar-refractivity contribution < 1.29 is 56.5 Å². The topological polar surface area (TPSA) is 286 Å². The Morgan fingerprint density at radius 2 is 1.05 bits per heavy atom. The van der Waals surface area contributed by atoms with Crippen LogP contribution in [0.4, 0.5) is 40.8 Å². The maximum absolute atomic E-state index is 15.9. The molecule has 109 heavy (non-hydrogen) atoms. The van der Waals surface area contributed by atoms with E-state index in [0.717, 1.165) is 46.4 Å². The Morgan fingerprint density at radius 1 is 0.615 bits per heavy atom. The first-order valence-corrected chi connectivity index (χ1v) is 35.0. The molecule has 0 spiro atoms. The molecule has 4 aromatic carbocycles. The molecule has 2 aliphatic heterocycles. The van der Waals surface area contributed by atoms with Crippen LogP contribution in [-0.2, 0) is 22.7 Å². The van der Waals surface area contributed by atoms with E-state index in [1.165, 1.54) is 51.6 Å². The molecule has 0 aliphatic carbocycles. The molecule has 12 rings (SSSR count). The van der Waals surface area contributed by atoms with E-state index in [1.807, 2.05) is 127 Å². The maximum atomic E-state index is 15.9. The number of pyridine rings is 4. The number of ether oxygens (including phenoxy) is 2. The van der Waals surface area contributed by atoms with Gasteiger partial charge < -0.3 is 59.6 Å². The van der Waals surface area contributed by atoms with Crippen LogP contribution in [0.3, 0.4) is 0 Å². The Labute approximate surface area is 634 Å². The van der Waals surface area contributed by atoms with E-state index in [9.17, 15) is 33.1 Å². The number of anilines is 4. The van der Waals surface area contributed by atoms with Crippen LogP contribution in [0.5, 0.6) is 28.7 Å². The normalized spacial score (nSPS) is 15.5. The van der Waals surface area contributed by atoms with Gasteiger partial charge in [0.2, 0.25) is 11.8 Å². The van der Waals surface area contributed by atoms with Gasteiger partial charge in [0.15, 0.2) is 45.4 Å². The van der Waals surface area contributed by atoms with Gasteiger partial charge in [0.25, 0.3) is 0 Å². The minimum absolute atomic E-state index is 0. The number of aryl methyl sites for hydroxylation is 2. The zero-order valence-corrected chi connectivity index (χ0v) is 62.5. The predicted molar refractivity (Wildman–Crippen MR) is 416 cm³/mol. The van der Waals surface area contributed by atoms with Crippen molar-refractivity contribution in [3.63, 3.8) is 0 Å². The van der Waals surface area contributed by atoms with Gasteiger partial charge in [0.1, 0.15) is 52.0 Å². The molecule has 0 unspecified atom stereocenters. The minimum atomic E-state index is -0.918. The fourth-order valence-electron chi connectivity index (χ4n) is 13.8. The molecule has 5 N–H and O–H groups in total. The lowest BCUT2D eigenvalue weighted by atomic mass is 10.0. The number of nitrogens with two attached hydrogens (primary N) is 1. The number of fused-ring (bicyclic) bond motifs is 2. The molecule has 0 bridgehead atoms. The average Bonchev–Trinajstić information content (AvgIpc) is 0.739. The van der Waals surface area contributed by atoms with Crippen LogP contribution in [0.1, 0.15) is 108 Å². The maximum Gasteiger partial charge on any atom is 0.569 e. The first kappa shape index (κ1) is 81.5. The SMILES string of the molecule is C.C=CC(=O)N1[C@H](C)CN(c2nc(=O)n(-c3c(C)cc(N(Cc4ccc(OC)cc4)Cc4ccc(OC)cc4)nc3C(C)C)c3nc(Cl)c(F)cc23)C[C@@H]1C.C=CC(=O)N1[C@H](C)CN(c2nc(=O)n(-c3c(C)cc(N)nc3C(C)C)c3nc(-c4c(O)cccc4F)c(F)cc23)C[C@@H]1C.O[B]Oc1c(O)cccc1F. The number of piperazine rings is 2. The van der Waals surface area contributed by atoms with Gasteiger partial charge in [0, 0.05) is 63.4 Å². The lowest BCUT2D eigenvalue weighted by Crippen LogP contribution is -2.58. The highest BCUT2D eigenvalue weighted by Gasteiger charge is 2.37. The first-order valence-electron chi connectivity index (χ1n) is 34.6. The summed E-state index contributed by atoms with van der Waals surface area (Å²) >= 11 is 6.33. The van der Waals surface area contributed by atoms with E-state index in [0.29, 0.717) is 86.5 Å². The zero-order valence-electron chi connectivity index (χ0n) is 61.7. The summed E-state index contributed by atoms with van der Waals surface area (Å²) in [5.41, 5.74) is 9.47. The van der Waals surface area contributed by atoms with E-state index in [1.54, 1.807) is 37.0 Å². The Bertz CT molecular complexity index is 5080. The molecule has 4 atom stereocenters. The van der Waals surface area contributed by atoms with Crippen molar-refractivity contribution in [2.24, 2.45) is 0 Å². The van der Waals surface area contributed by atoms with Gasteiger partial charge in [-0.15, -0.1) is 0 Å². The summed E-state index contributed by atoms with van der Waals surface area (Å²) in [6.07, 6.45) is 2.55. The van der Waals surface area contributed by atoms with Gasteiger partial charge in [-0.2, -0.15) is 9.97 Å². The van der Waals surface area contributed by atoms with Crippen LogP contribution in [0.25, 0.3) is 44.7 Å². The van der Waals surface area contributed by atoms with Gasteiger partial charge in [-0.05, 0) is 161 Å². The van der Waals surface area contributed by atoms with E-state index in [-0.39, 0.29) is 106 Å². The molecule has 6 aromatic heterocycles. The zero-order chi connectivity index (χ0) is 78.4. The van der Waals surface area contributed by atoms with Crippen LogP contribution >= 0.6 is 11.6 Å².